The Balaban J connectivity index is 1.75. The van der Waals surface area contributed by atoms with Crippen LogP contribution in [-0.2, 0) is 0 Å². The van der Waals surface area contributed by atoms with Crippen LogP contribution in [0.4, 0.5) is 5.69 Å². The summed E-state index contributed by atoms with van der Waals surface area (Å²) in [4.78, 5) is 27.8. The van der Waals surface area contributed by atoms with Gasteiger partial charge in [0, 0.05) is 28.8 Å². The molecule has 0 bridgehead atoms. The lowest BCUT2D eigenvalue weighted by molar-refractivity contribution is 0.0761. The molecule has 6 heteroatoms. The Hall–Kier alpha value is -2.34. The lowest BCUT2D eigenvalue weighted by atomic mass is 10.1. The molecule has 1 fully saturated rings. The van der Waals surface area contributed by atoms with Crippen molar-refractivity contribution in [2.24, 2.45) is 5.92 Å². The normalized spacial score (nSPS) is 14.3. The highest BCUT2D eigenvalue weighted by Crippen LogP contribution is 2.25. The third-order valence-electron chi connectivity index (χ3n) is 5.02. The fraction of sp³-hybridized carbons (Fsp3) is 0.417. The van der Waals surface area contributed by atoms with Crippen molar-refractivity contribution in [2.75, 3.05) is 25.0 Å². The van der Waals surface area contributed by atoms with Crippen LogP contribution in [0, 0.1) is 5.92 Å². The maximum absolute atomic E-state index is 13.0. The molecule has 0 unspecified atom stereocenters. The third-order valence-corrected chi connectivity index (χ3v) is 5.51. The smallest absolute Gasteiger partial charge is 0.259 e. The molecule has 2 amide bonds. The number of carbonyl (C=O) groups excluding carboxylic acids is 2. The SMILES string of the molecule is CC(C)COc1ccc(Br)cc1C(=O)Nc1cccc(C(=O)N2CCCCCC2)c1. The fourth-order valence-electron chi connectivity index (χ4n) is 3.45. The first-order valence-corrected chi connectivity index (χ1v) is 11.4. The highest BCUT2D eigenvalue weighted by atomic mass is 79.9. The van der Waals surface area contributed by atoms with Crippen LogP contribution in [0.25, 0.3) is 0 Å². The van der Waals surface area contributed by atoms with Gasteiger partial charge >= 0.3 is 0 Å². The van der Waals surface area contributed by atoms with Crippen LogP contribution in [0.5, 0.6) is 5.75 Å². The van der Waals surface area contributed by atoms with Crippen LogP contribution in [0.15, 0.2) is 46.9 Å². The average molecular weight is 473 g/mol. The summed E-state index contributed by atoms with van der Waals surface area (Å²) < 4.78 is 6.62. The lowest BCUT2D eigenvalue weighted by Gasteiger charge is -2.20. The average Bonchev–Trinajstić information content (AvgIpc) is 3.02. The molecule has 0 saturated carbocycles. The quantitative estimate of drug-likeness (QED) is 0.581. The summed E-state index contributed by atoms with van der Waals surface area (Å²) in [6.45, 7) is 6.24. The number of nitrogens with one attached hydrogen (secondary N) is 1. The molecular weight excluding hydrogens is 444 g/mol. The number of benzene rings is 2. The molecule has 1 N–H and O–H groups in total. The molecule has 0 spiro atoms. The Morgan fingerprint density at radius 3 is 2.50 bits per heavy atom. The van der Waals surface area contributed by atoms with Gasteiger partial charge in [0.05, 0.1) is 12.2 Å². The molecule has 0 aromatic heterocycles. The first-order valence-electron chi connectivity index (χ1n) is 10.6. The molecule has 2 aromatic rings. The van der Waals surface area contributed by atoms with E-state index in [0.717, 1.165) is 30.4 Å². The van der Waals surface area contributed by atoms with E-state index in [1.807, 2.05) is 11.0 Å². The van der Waals surface area contributed by atoms with Gasteiger partial charge in [0.2, 0.25) is 0 Å². The number of hydrogen-bond acceptors (Lipinski definition) is 3. The molecular formula is C24H29BrN2O3. The number of carbonyl (C=O) groups is 2. The second kappa shape index (κ2) is 10.6. The number of nitrogens with zero attached hydrogens (tertiary/aromatic N) is 1. The van der Waals surface area contributed by atoms with Crippen LogP contribution in [-0.4, -0.2) is 36.4 Å². The minimum atomic E-state index is -0.269. The number of halogens is 1. The van der Waals surface area contributed by atoms with Gasteiger partial charge in [-0.3, -0.25) is 9.59 Å². The summed E-state index contributed by atoms with van der Waals surface area (Å²) in [6.07, 6.45) is 4.44. The second-order valence-corrected chi connectivity index (χ2v) is 9.00. The van der Waals surface area contributed by atoms with Gasteiger partial charge in [-0.15, -0.1) is 0 Å². The zero-order chi connectivity index (χ0) is 21.5. The van der Waals surface area contributed by atoms with Crippen molar-refractivity contribution >= 4 is 33.4 Å². The van der Waals surface area contributed by atoms with Crippen molar-refractivity contribution in [1.29, 1.82) is 0 Å². The Morgan fingerprint density at radius 2 is 1.80 bits per heavy atom. The number of likely N-dealkylation sites (tertiary alicyclic amines) is 1. The van der Waals surface area contributed by atoms with E-state index in [-0.39, 0.29) is 11.8 Å². The number of hydrogen-bond donors (Lipinski definition) is 1. The molecule has 30 heavy (non-hydrogen) atoms. The number of rotatable bonds is 6. The van der Waals surface area contributed by atoms with Crippen molar-refractivity contribution in [3.8, 4) is 5.75 Å². The molecule has 0 radical (unpaired) electrons. The molecule has 160 valence electrons. The van der Waals surface area contributed by atoms with Gasteiger partial charge in [0.15, 0.2) is 0 Å². The summed E-state index contributed by atoms with van der Waals surface area (Å²) in [5.74, 6) is 0.651. The molecule has 3 rings (SSSR count). The minimum Gasteiger partial charge on any atom is -0.492 e. The van der Waals surface area contributed by atoms with Crippen LogP contribution in [0.2, 0.25) is 0 Å². The molecule has 1 saturated heterocycles. The zero-order valence-electron chi connectivity index (χ0n) is 17.6. The van der Waals surface area contributed by atoms with E-state index in [2.05, 4.69) is 35.1 Å². The highest BCUT2D eigenvalue weighted by Gasteiger charge is 2.19. The molecule has 0 aliphatic carbocycles. The Kier molecular flexibility index (Phi) is 7.91. The third kappa shape index (κ3) is 6.08. The van der Waals surface area contributed by atoms with Gasteiger partial charge in [-0.2, -0.15) is 0 Å². The topological polar surface area (TPSA) is 58.6 Å². The molecule has 0 atom stereocenters. The van der Waals surface area contributed by atoms with Crippen molar-refractivity contribution in [3.05, 3.63) is 58.1 Å². The van der Waals surface area contributed by atoms with E-state index in [1.165, 1.54) is 12.8 Å². The van der Waals surface area contributed by atoms with Crippen LogP contribution in [0.1, 0.15) is 60.2 Å². The Bertz CT molecular complexity index is 890. The molecule has 1 aliphatic heterocycles. The summed E-state index contributed by atoms with van der Waals surface area (Å²) in [5.41, 5.74) is 1.64. The molecule has 2 aromatic carbocycles. The summed E-state index contributed by atoms with van der Waals surface area (Å²) >= 11 is 3.43. The largest absolute Gasteiger partial charge is 0.492 e. The van der Waals surface area contributed by atoms with Crippen LogP contribution in [0.3, 0.4) is 0 Å². The van der Waals surface area contributed by atoms with Crippen molar-refractivity contribution in [3.63, 3.8) is 0 Å². The van der Waals surface area contributed by atoms with Gasteiger partial charge in [-0.1, -0.05) is 48.7 Å². The van der Waals surface area contributed by atoms with E-state index in [1.54, 1.807) is 36.4 Å². The predicted octanol–water partition coefficient (Wildman–Crippen LogP) is 5.75. The van der Waals surface area contributed by atoms with E-state index in [4.69, 9.17) is 4.74 Å². The second-order valence-electron chi connectivity index (χ2n) is 8.09. The van der Waals surface area contributed by atoms with E-state index in [0.29, 0.717) is 35.1 Å². The lowest BCUT2D eigenvalue weighted by Crippen LogP contribution is -2.31. The minimum absolute atomic E-state index is 0.0245. The number of anilines is 1. The van der Waals surface area contributed by atoms with Crippen molar-refractivity contribution < 1.29 is 14.3 Å². The monoisotopic (exact) mass is 472 g/mol. The summed E-state index contributed by atoms with van der Waals surface area (Å²) in [6, 6.07) is 12.5. The number of amides is 2. The Morgan fingerprint density at radius 1 is 1.07 bits per heavy atom. The maximum Gasteiger partial charge on any atom is 0.259 e. The zero-order valence-corrected chi connectivity index (χ0v) is 19.2. The first kappa shape index (κ1) is 22.3. The molecule has 5 nitrogen and oxygen atoms in total. The predicted molar refractivity (Wildman–Crippen MR) is 123 cm³/mol. The standard InChI is InChI=1S/C24H29BrN2O3/c1-17(2)16-30-22-11-10-19(25)15-21(22)23(28)26-20-9-7-8-18(14-20)24(29)27-12-5-3-4-6-13-27/h7-11,14-15,17H,3-6,12-13,16H2,1-2H3,(H,26,28). The molecule has 1 heterocycles. The van der Waals surface area contributed by atoms with Gasteiger partial charge in [-0.25, -0.2) is 0 Å². The van der Waals surface area contributed by atoms with Gasteiger partial charge in [-0.05, 0) is 55.2 Å². The van der Waals surface area contributed by atoms with Crippen LogP contribution >= 0.6 is 15.9 Å². The van der Waals surface area contributed by atoms with Gasteiger partial charge in [0.1, 0.15) is 5.75 Å². The Labute approximate surface area is 186 Å². The maximum atomic E-state index is 13.0. The van der Waals surface area contributed by atoms with Gasteiger partial charge in [0.25, 0.3) is 11.8 Å². The van der Waals surface area contributed by atoms with E-state index >= 15 is 0 Å². The molecule has 1 aliphatic rings. The summed E-state index contributed by atoms with van der Waals surface area (Å²) in [7, 11) is 0. The van der Waals surface area contributed by atoms with Crippen LogP contribution < -0.4 is 10.1 Å². The van der Waals surface area contributed by atoms with E-state index in [9.17, 15) is 9.59 Å². The van der Waals surface area contributed by atoms with E-state index < -0.39 is 0 Å². The van der Waals surface area contributed by atoms with Crippen molar-refractivity contribution in [1.82, 2.24) is 4.90 Å². The highest BCUT2D eigenvalue weighted by molar-refractivity contribution is 9.10. The van der Waals surface area contributed by atoms with Gasteiger partial charge < -0.3 is 15.0 Å². The first-order chi connectivity index (χ1) is 14.4. The summed E-state index contributed by atoms with van der Waals surface area (Å²) in [5, 5.41) is 2.91. The number of ether oxygens (including phenoxy) is 1. The fourth-order valence-corrected chi connectivity index (χ4v) is 3.81. The van der Waals surface area contributed by atoms with Crippen molar-refractivity contribution in [2.45, 2.75) is 39.5 Å².